The molecular weight excluding hydrogens is 204 g/mol. The SMILES string of the molecule is CN(C(=O)C1CCNC1)c1cccc(O)c1. The molecule has 0 aliphatic carbocycles. The number of carbonyl (C=O) groups excluding carboxylic acids is 1. The van der Waals surface area contributed by atoms with Gasteiger partial charge in [0.2, 0.25) is 5.91 Å². The second-order valence-corrected chi connectivity index (χ2v) is 4.11. The monoisotopic (exact) mass is 220 g/mol. The molecule has 1 unspecified atom stereocenters. The third-order valence-corrected chi connectivity index (χ3v) is 2.96. The smallest absolute Gasteiger partial charge is 0.231 e. The molecule has 1 aliphatic rings. The maximum Gasteiger partial charge on any atom is 0.231 e. The Bertz CT molecular complexity index is 386. The first kappa shape index (κ1) is 11.0. The van der Waals surface area contributed by atoms with Crippen LogP contribution in [0.1, 0.15) is 6.42 Å². The summed E-state index contributed by atoms with van der Waals surface area (Å²) in [6.45, 7) is 1.66. The number of amides is 1. The van der Waals surface area contributed by atoms with Gasteiger partial charge >= 0.3 is 0 Å². The summed E-state index contributed by atoms with van der Waals surface area (Å²) in [5.74, 6) is 0.352. The summed E-state index contributed by atoms with van der Waals surface area (Å²) in [6.07, 6.45) is 0.891. The van der Waals surface area contributed by atoms with Gasteiger partial charge in [-0.3, -0.25) is 4.79 Å². The fourth-order valence-corrected chi connectivity index (χ4v) is 1.97. The van der Waals surface area contributed by atoms with Crippen molar-refractivity contribution < 1.29 is 9.90 Å². The molecule has 0 aromatic heterocycles. The van der Waals surface area contributed by atoms with Gasteiger partial charge in [0.1, 0.15) is 5.75 Å². The van der Waals surface area contributed by atoms with Gasteiger partial charge in [0, 0.05) is 25.3 Å². The van der Waals surface area contributed by atoms with Gasteiger partial charge in [-0.05, 0) is 25.1 Å². The molecule has 1 aromatic carbocycles. The normalized spacial score (nSPS) is 19.7. The van der Waals surface area contributed by atoms with E-state index in [1.165, 1.54) is 0 Å². The predicted molar refractivity (Wildman–Crippen MR) is 62.5 cm³/mol. The Labute approximate surface area is 94.9 Å². The van der Waals surface area contributed by atoms with E-state index in [2.05, 4.69) is 5.32 Å². The van der Waals surface area contributed by atoms with Crippen molar-refractivity contribution in [1.29, 1.82) is 0 Å². The highest BCUT2D eigenvalue weighted by atomic mass is 16.3. The summed E-state index contributed by atoms with van der Waals surface area (Å²) in [7, 11) is 1.75. The van der Waals surface area contributed by atoms with Gasteiger partial charge in [-0.15, -0.1) is 0 Å². The highest BCUT2D eigenvalue weighted by molar-refractivity contribution is 5.95. The number of benzene rings is 1. The lowest BCUT2D eigenvalue weighted by atomic mass is 10.1. The molecule has 1 aromatic rings. The van der Waals surface area contributed by atoms with E-state index in [0.29, 0.717) is 0 Å². The molecule has 86 valence electrons. The van der Waals surface area contributed by atoms with Crippen molar-refractivity contribution >= 4 is 11.6 Å². The molecule has 1 aliphatic heterocycles. The first-order valence-corrected chi connectivity index (χ1v) is 5.46. The number of rotatable bonds is 2. The molecule has 0 spiro atoms. The quantitative estimate of drug-likeness (QED) is 0.780. The molecule has 4 heteroatoms. The Kier molecular flexibility index (Phi) is 3.10. The van der Waals surface area contributed by atoms with E-state index >= 15 is 0 Å². The molecule has 1 atom stereocenters. The van der Waals surface area contributed by atoms with E-state index in [1.54, 1.807) is 30.1 Å². The largest absolute Gasteiger partial charge is 0.508 e. The zero-order valence-electron chi connectivity index (χ0n) is 9.31. The van der Waals surface area contributed by atoms with Crippen molar-refractivity contribution in [3.8, 4) is 5.75 Å². The Morgan fingerprint density at radius 1 is 1.56 bits per heavy atom. The molecular formula is C12H16N2O2. The van der Waals surface area contributed by atoms with Crippen LogP contribution in [0.2, 0.25) is 0 Å². The zero-order chi connectivity index (χ0) is 11.5. The van der Waals surface area contributed by atoms with Crippen LogP contribution < -0.4 is 10.2 Å². The molecule has 1 heterocycles. The van der Waals surface area contributed by atoms with Gasteiger partial charge in [0.25, 0.3) is 0 Å². The van der Waals surface area contributed by atoms with Crippen molar-refractivity contribution in [1.82, 2.24) is 5.32 Å². The van der Waals surface area contributed by atoms with E-state index in [-0.39, 0.29) is 17.6 Å². The number of phenolic OH excluding ortho intramolecular Hbond substituents is 1. The molecule has 0 radical (unpaired) electrons. The van der Waals surface area contributed by atoms with Crippen molar-refractivity contribution in [2.24, 2.45) is 5.92 Å². The Balaban J connectivity index is 2.11. The Hall–Kier alpha value is -1.55. The number of hydrogen-bond acceptors (Lipinski definition) is 3. The van der Waals surface area contributed by atoms with Crippen molar-refractivity contribution in [3.63, 3.8) is 0 Å². The summed E-state index contributed by atoms with van der Waals surface area (Å²) in [5.41, 5.74) is 0.733. The molecule has 2 N–H and O–H groups in total. The lowest BCUT2D eigenvalue weighted by Crippen LogP contribution is -2.33. The molecule has 4 nitrogen and oxygen atoms in total. The second kappa shape index (κ2) is 4.53. The number of anilines is 1. The summed E-state index contributed by atoms with van der Waals surface area (Å²) < 4.78 is 0. The molecule has 0 bridgehead atoms. The van der Waals surface area contributed by atoms with Gasteiger partial charge in [0.05, 0.1) is 5.92 Å². The number of phenols is 1. The molecule has 1 amide bonds. The number of nitrogens with one attached hydrogen (secondary N) is 1. The lowest BCUT2D eigenvalue weighted by Gasteiger charge is -2.20. The first-order chi connectivity index (χ1) is 7.68. The van der Waals surface area contributed by atoms with Crippen molar-refractivity contribution in [2.45, 2.75) is 6.42 Å². The fourth-order valence-electron chi connectivity index (χ4n) is 1.97. The van der Waals surface area contributed by atoms with Gasteiger partial charge in [0.15, 0.2) is 0 Å². The Morgan fingerprint density at radius 2 is 2.38 bits per heavy atom. The molecule has 1 saturated heterocycles. The topological polar surface area (TPSA) is 52.6 Å². The van der Waals surface area contributed by atoms with Crippen LogP contribution in [0.5, 0.6) is 5.75 Å². The molecule has 0 saturated carbocycles. The van der Waals surface area contributed by atoms with Crippen LogP contribution in [0.4, 0.5) is 5.69 Å². The van der Waals surface area contributed by atoms with Gasteiger partial charge in [-0.2, -0.15) is 0 Å². The van der Waals surface area contributed by atoms with Crippen LogP contribution in [-0.4, -0.2) is 31.2 Å². The minimum Gasteiger partial charge on any atom is -0.508 e. The fraction of sp³-hybridized carbons (Fsp3) is 0.417. The van der Waals surface area contributed by atoms with Crippen LogP contribution in [0.15, 0.2) is 24.3 Å². The van der Waals surface area contributed by atoms with Crippen LogP contribution >= 0.6 is 0 Å². The number of nitrogens with zero attached hydrogens (tertiary/aromatic N) is 1. The van der Waals surface area contributed by atoms with Crippen molar-refractivity contribution in [2.75, 3.05) is 25.0 Å². The van der Waals surface area contributed by atoms with Crippen molar-refractivity contribution in [3.05, 3.63) is 24.3 Å². The van der Waals surface area contributed by atoms with Crippen LogP contribution in [0, 0.1) is 5.92 Å². The highest BCUT2D eigenvalue weighted by Gasteiger charge is 2.25. The average Bonchev–Trinajstić information content (AvgIpc) is 2.80. The molecule has 16 heavy (non-hydrogen) atoms. The molecule has 1 fully saturated rings. The third-order valence-electron chi connectivity index (χ3n) is 2.96. The minimum absolute atomic E-state index is 0.0624. The zero-order valence-corrected chi connectivity index (χ0v) is 9.31. The average molecular weight is 220 g/mol. The van der Waals surface area contributed by atoms with E-state index in [0.717, 1.165) is 25.2 Å². The molecule has 2 rings (SSSR count). The van der Waals surface area contributed by atoms with E-state index in [9.17, 15) is 9.90 Å². The van der Waals surface area contributed by atoms with Crippen LogP contribution in [-0.2, 0) is 4.79 Å². The van der Waals surface area contributed by atoms with E-state index in [1.807, 2.05) is 6.07 Å². The number of hydrogen-bond donors (Lipinski definition) is 2. The predicted octanol–water partition coefficient (Wildman–Crippen LogP) is 0.964. The number of aromatic hydroxyl groups is 1. The summed E-state index contributed by atoms with van der Waals surface area (Å²) in [6, 6.07) is 6.75. The maximum absolute atomic E-state index is 12.1. The third kappa shape index (κ3) is 2.17. The standard InChI is InChI=1S/C12H16N2O2/c1-14(10-3-2-4-11(15)7-10)12(16)9-5-6-13-8-9/h2-4,7,9,13,15H,5-6,8H2,1H3. The van der Waals surface area contributed by atoms with Gasteiger partial charge in [-0.1, -0.05) is 6.07 Å². The van der Waals surface area contributed by atoms with Gasteiger partial charge < -0.3 is 15.3 Å². The van der Waals surface area contributed by atoms with E-state index in [4.69, 9.17) is 0 Å². The van der Waals surface area contributed by atoms with Gasteiger partial charge in [-0.25, -0.2) is 0 Å². The maximum atomic E-state index is 12.1. The minimum atomic E-state index is 0.0624. The Morgan fingerprint density at radius 3 is 3.00 bits per heavy atom. The first-order valence-electron chi connectivity index (χ1n) is 5.46. The van der Waals surface area contributed by atoms with Crippen LogP contribution in [0.3, 0.4) is 0 Å². The highest BCUT2D eigenvalue weighted by Crippen LogP contribution is 2.21. The summed E-state index contributed by atoms with van der Waals surface area (Å²) in [5, 5.41) is 12.5. The lowest BCUT2D eigenvalue weighted by molar-refractivity contribution is -0.121. The summed E-state index contributed by atoms with van der Waals surface area (Å²) >= 11 is 0. The second-order valence-electron chi connectivity index (χ2n) is 4.11. The van der Waals surface area contributed by atoms with E-state index < -0.39 is 0 Å². The summed E-state index contributed by atoms with van der Waals surface area (Å²) in [4.78, 5) is 13.7. The van der Waals surface area contributed by atoms with Crippen LogP contribution in [0.25, 0.3) is 0 Å². The number of carbonyl (C=O) groups is 1.